The highest BCUT2D eigenvalue weighted by Crippen LogP contribution is 2.20. The maximum Gasteiger partial charge on any atom is 0.323 e. The van der Waals surface area contributed by atoms with Crippen molar-refractivity contribution >= 4 is 16.9 Å². The molecule has 0 aliphatic heterocycles. The topological polar surface area (TPSA) is 54.1 Å². The molecule has 2 rings (SSSR count). The summed E-state index contributed by atoms with van der Waals surface area (Å²) < 4.78 is 5.20. The van der Waals surface area contributed by atoms with Gasteiger partial charge in [-0.05, 0) is 39.3 Å². The van der Waals surface area contributed by atoms with E-state index in [-0.39, 0.29) is 17.6 Å². The third-order valence-electron chi connectivity index (χ3n) is 3.28. The Morgan fingerprint density at radius 1 is 1.33 bits per heavy atom. The summed E-state index contributed by atoms with van der Waals surface area (Å²) in [5.74, 6) is -0.197. The van der Waals surface area contributed by atoms with E-state index in [1.807, 2.05) is 31.3 Å². The number of ether oxygens (including phenoxy) is 1. The third kappa shape index (κ3) is 4.08. The fraction of sp³-hybridized carbons (Fsp3) is 0.471. The molecular weight excluding hydrogens is 264 g/mol. The Labute approximate surface area is 125 Å². The summed E-state index contributed by atoms with van der Waals surface area (Å²) in [5, 5.41) is 4.51. The zero-order valence-electron chi connectivity index (χ0n) is 13.2. The summed E-state index contributed by atoms with van der Waals surface area (Å²) >= 11 is 0. The number of para-hydroxylation sites is 1. The van der Waals surface area contributed by atoms with Gasteiger partial charge in [0.2, 0.25) is 0 Å². The van der Waals surface area contributed by atoms with Gasteiger partial charge in [0.1, 0.15) is 6.04 Å². The number of benzene rings is 1. The van der Waals surface area contributed by atoms with Crippen LogP contribution in [0.5, 0.6) is 0 Å². The van der Waals surface area contributed by atoms with Gasteiger partial charge in [0, 0.05) is 29.1 Å². The highest BCUT2D eigenvalue weighted by atomic mass is 16.5. The number of carbonyl (C=O) groups is 1. The maximum absolute atomic E-state index is 12.2. The Bertz CT molecular complexity index is 611. The molecule has 1 unspecified atom stereocenters. The standard InChI is InChI=1S/C17H24N2O2/c1-5-21-16(20)15(19-17(2,3)4)10-12-11-18-14-9-7-6-8-13(12)14/h6-9,11,15,18-19H,5,10H2,1-4H3. The van der Waals surface area contributed by atoms with Crippen LogP contribution in [0.1, 0.15) is 33.3 Å². The number of fused-ring (bicyclic) bond motifs is 1. The molecule has 4 heteroatoms. The van der Waals surface area contributed by atoms with Gasteiger partial charge in [0.15, 0.2) is 0 Å². The Morgan fingerprint density at radius 3 is 2.71 bits per heavy atom. The van der Waals surface area contributed by atoms with Gasteiger partial charge in [-0.1, -0.05) is 18.2 Å². The van der Waals surface area contributed by atoms with Crippen molar-refractivity contribution in [2.75, 3.05) is 6.61 Å². The van der Waals surface area contributed by atoms with Crippen LogP contribution in [0.4, 0.5) is 0 Å². The van der Waals surface area contributed by atoms with Crippen LogP contribution in [0, 0.1) is 0 Å². The number of rotatable bonds is 5. The first kappa shape index (κ1) is 15.6. The minimum Gasteiger partial charge on any atom is -0.465 e. The molecule has 1 atom stereocenters. The Morgan fingerprint density at radius 2 is 2.05 bits per heavy atom. The van der Waals surface area contributed by atoms with Crippen molar-refractivity contribution in [3.05, 3.63) is 36.0 Å². The fourth-order valence-corrected chi connectivity index (χ4v) is 2.48. The van der Waals surface area contributed by atoms with E-state index in [4.69, 9.17) is 4.74 Å². The smallest absolute Gasteiger partial charge is 0.323 e. The van der Waals surface area contributed by atoms with Crippen LogP contribution in [-0.2, 0) is 16.0 Å². The number of aromatic amines is 1. The number of aromatic nitrogens is 1. The van der Waals surface area contributed by atoms with Crippen LogP contribution >= 0.6 is 0 Å². The first-order valence-corrected chi connectivity index (χ1v) is 7.40. The number of H-pyrrole nitrogens is 1. The van der Waals surface area contributed by atoms with Crippen LogP contribution in [0.2, 0.25) is 0 Å². The second kappa shape index (κ2) is 6.31. The van der Waals surface area contributed by atoms with Gasteiger partial charge >= 0.3 is 5.97 Å². The maximum atomic E-state index is 12.2. The fourth-order valence-electron chi connectivity index (χ4n) is 2.48. The Balaban J connectivity index is 2.23. The SMILES string of the molecule is CCOC(=O)C(Cc1c[nH]c2ccccc12)NC(C)(C)C. The van der Waals surface area contributed by atoms with Gasteiger partial charge in [-0.25, -0.2) is 0 Å². The van der Waals surface area contributed by atoms with Crippen molar-refractivity contribution in [1.82, 2.24) is 10.3 Å². The monoisotopic (exact) mass is 288 g/mol. The van der Waals surface area contributed by atoms with Gasteiger partial charge < -0.3 is 9.72 Å². The molecule has 1 aromatic heterocycles. The Kier molecular flexibility index (Phi) is 4.68. The highest BCUT2D eigenvalue weighted by molar-refractivity contribution is 5.84. The van der Waals surface area contributed by atoms with Gasteiger partial charge in [-0.15, -0.1) is 0 Å². The van der Waals surface area contributed by atoms with Crippen molar-refractivity contribution in [2.24, 2.45) is 0 Å². The normalized spacial score (nSPS) is 13.3. The van der Waals surface area contributed by atoms with Gasteiger partial charge in [0.25, 0.3) is 0 Å². The van der Waals surface area contributed by atoms with E-state index in [1.54, 1.807) is 0 Å². The second-order valence-corrected chi connectivity index (χ2v) is 6.26. The summed E-state index contributed by atoms with van der Waals surface area (Å²) in [7, 11) is 0. The van der Waals surface area contributed by atoms with Crippen molar-refractivity contribution in [1.29, 1.82) is 0 Å². The van der Waals surface area contributed by atoms with Crippen LogP contribution in [0.3, 0.4) is 0 Å². The molecule has 21 heavy (non-hydrogen) atoms. The number of nitrogens with one attached hydrogen (secondary N) is 2. The molecule has 0 amide bonds. The van der Waals surface area contributed by atoms with Crippen LogP contribution < -0.4 is 5.32 Å². The van der Waals surface area contributed by atoms with E-state index >= 15 is 0 Å². The molecule has 0 aliphatic carbocycles. The lowest BCUT2D eigenvalue weighted by molar-refractivity contribution is -0.146. The average molecular weight is 288 g/mol. The molecular formula is C17H24N2O2. The van der Waals surface area contributed by atoms with Crippen LogP contribution in [-0.4, -0.2) is 29.1 Å². The summed E-state index contributed by atoms with van der Waals surface area (Å²) in [6.07, 6.45) is 2.58. The molecule has 0 spiro atoms. The van der Waals surface area contributed by atoms with E-state index in [2.05, 4.69) is 37.1 Å². The van der Waals surface area contributed by atoms with E-state index in [0.29, 0.717) is 13.0 Å². The minimum atomic E-state index is -0.343. The lowest BCUT2D eigenvalue weighted by atomic mass is 10.0. The Hall–Kier alpha value is -1.81. The van der Waals surface area contributed by atoms with Crippen molar-refractivity contribution < 1.29 is 9.53 Å². The molecule has 114 valence electrons. The number of esters is 1. The zero-order valence-corrected chi connectivity index (χ0v) is 13.2. The van der Waals surface area contributed by atoms with E-state index in [1.165, 1.54) is 0 Å². The number of hydrogen-bond donors (Lipinski definition) is 2. The molecule has 0 saturated heterocycles. The number of carbonyl (C=O) groups excluding carboxylic acids is 1. The predicted octanol–water partition coefficient (Wildman–Crippen LogP) is 3.03. The second-order valence-electron chi connectivity index (χ2n) is 6.26. The summed E-state index contributed by atoms with van der Waals surface area (Å²) in [6.45, 7) is 8.38. The largest absolute Gasteiger partial charge is 0.465 e. The lowest BCUT2D eigenvalue weighted by Gasteiger charge is -2.27. The van der Waals surface area contributed by atoms with Crippen molar-refractivity contribution in [3.63, 3.8) is 0 Å². The molecule has 2 N–H and O–H groups in total. The molecule has 2 aromatic rings. The average Bonchev–Trinajstić information content (AvgIpc) is 2.80. The first-order chi connectivity index (χ1) is 9.90. The molecule has 1 heterocycles. The van der Waals surface area contributed by atoms with E-state index in [9.17, 15) is 4.79 Å². The number of hydrogen-bond acceptors (Lipinski definition) is 3. The summed E-state index contributed by atoms with van der Waals surface area (Å²) in [4.78, 5) is 15.4. The molecule has 4 nitrogen and oxygen atoms in total. The molecule has 0 radical (unpaired) electrons. The molecule has 0 bridgehead atoms. The van der Waals surface area contributed by atoms with Gasteiger partial charge in [-0.3, -0.25) is 10.1 Å². The summed E-state index contributed by atoms with van der Waals surface area (Å²) in [6, 6.07) is 7.77. The van der Waals surface area contributed by atoms with Gasteiger partial charge in [0.05, 0.1) is 6.61 Å². The van der Waals surface area contributed by atoms with E-state index < -0.39 is 0 Å². The van der Waals surface area contributed by atoms with Crippen molar-refractivity contribution in [2.45, 2.75) is 45.7 Å². The third-order valence-corrected chi connectivity index (χ3v) is 3.28. The molecule has 1 aromatic carbocycles. The molecule has 0 fully saturated rings. The zero-order chi connectivity index (χ0) is 15.5. The predicted molar refractivity (Wildman–Crippen MR) is 85.3 cm³/mol. The quantitative estimate of drug-likeness (QED) is 0.832. The van der Waals surface area contributed by atoms with Gasteiger partial charge in [-0.2, -0.15) is 0 Å². The molecule has 0 saturated carbocycles. The highest BCUT2D eigenvalue weighted by Gasteiger charge is 2.26. The van der Waals surface area contributed by atoms with E-state index in [0.717, 1.165) is 16.5 Å². The van der Waals surface area contributed by atoms with Crippen LogP contribution in [0.15, 0.2) is 30.5 Å². The summed E-state index contributed by atoms with van der Waals surface area (Å²) in [5.41, 5.74) is 2.06. The van der Waals surface area contributed by atoms with Crippen LogP contribution in [0.25, 0.3) is 10.9 Å². The minimum absolute atomic E-state index is 0.149. The first-order valence-electron chi connectivity index (χ1n) is 7.40. The lowest BCUT2D eigenvalue weighted by Crippen LogP contribution is -2.49. The molecule has 0 aliphatic rings. The van der Waals surface area contributed by atoms with Crippen molar-refractivity contribution in [3.8, 4) is 0 Å².